The summed E-state index contributed by atoms with van der Waals surface area (Å²) >= 11 is 12.0. The third kappa shape index (κ3) is 9.00. The van der Waals surface area contributed by atoms with E-state index in [4.69, 9.17) is 27.9 Å². The highest BCUT2D eigenvalue weighted by Crippen LogP contribution is 2.22. The number of halogens is 4. The van der Waals surface area contributed by atoms with Crippen molar-refractivity contribution in [1.29, 1.82) is 0 Å². The van der Waals surface area contributed by atoms with Crippen LogP contribution in [-0.2, 0) is 13.2 Å². The number of rotatable bonds is 9. The van der Waals surface area contributed by atoms with Gasteiger partial charge in [0.05, 0.1) is 0 Å². The summed E-state index contributed by atoms with van der Waals surface area (Å²) in [4.78, 5) is 0. The van der Waals surface area contributed by atoms with Gasteiger partial charge in [-0.2, -0.15) is 0 Å². The predicted molar refractivity (Wildman–Crippen MR) is 112 cm³/mol. The molecule has 140 valence electrons. The van der Waals surface area contributed by atoms with Crippen LogP contribution in [0.4, 0.5) is 0 Å². The molecule has 0 aromatic heterocycles. The van der Waals surface area contributed by atoms with Crippen LogP contribution in [0.25, 0.3) is 0 Å². The van der Waals surface area contributed by atoms with E-state index in [1.54, 1.807) is 6.07 Å². The summed E-state index contributed by atoms with van der Waals surface area (Å²) in [6.45, 7) is 3.34. The molecule has 0 aliphatic heterocycles. The van der Waals surface area contributed by atoms with Crippen molar-refractivity contribution in [2.75, 3.05) is 20.1 Å². The van der Waals surface area contributed by atoms with E-state index in [-0.39, 0.29) is 24.8 Å². The first kappa shape index (κ1) is 24.3. The average molecular weight is 426 g/mol. The fraction of sp³-hybridized carbons (Fsp3) is 0.333. The van der Waals surface area contributed by atoms with Gasteiger partial charge in [0.15, 0.2) is 0 Å². The topological polar surface area (TPSA) is 33.3 Å². The lowest BCUT2D eigenvalue weighted by atomic mass is 10.2. The normalized spacial score (nSPS) is 9.88. The lowest BCUT2D eigenvalue weighted by Gasteiger charge is -2.09. The van der Waals surface area contributed by atoms with Gasteiger partial charge in [-0.15, -0.1) is 24.8 Å². The Morgan fingerprint density at radius 3 is 2.32 bits per heavy atom. The maximum atomic E-state index is 6.14. The van der Waals surface area contributed by atoms with Gasteiger partial charge in [0.2, 0.25) is 0 Å². The van der Waals surface area contributed by atoms with E-state index in [1.165, 1.54) is 5.56 Å². The summed E-state index contributed by atoms with van der Waals surface area (Å²) in [7, 11) is 1.97. The Morgan fingerprint density at radius 1 is 0.960 bits per heavy atom. The van der Waals surface area contributed by atoms with Crippen molar-refractivity contribution in [1.82, 2.24) is 10.6 Å². The highest BCUT2D eigenvalue weighted by atomic mass is 35.5. The largest absolute Gasteiger partial charge is 0.489 e. The standard InChI is InChI=1S/C18H22Cl2N2O.2ClH/c1-21-9-2-10-22-12-14-3-7-17(8-4-14)23-13-15-5-6-16(19)11-18(15)20;;/h3-8,11,21-22H,2,9-10,12-13H2,1H3;2*1H. The van der Waals surface area contributed by atoms with Crippen molar-refractivity contribution >= 4 is 48.0 Å². The SMILES string of the molecule is CNCCCNCc1ccc(OCc2ccc(Cl)cc2Cl)cc1.Cl.Cl. The molecule has 2 N–H and O–H groups in total. The van der Waals surface area contributed by atoms with E-state index in [1.807, 2.05) is 31.3 Å². The molecular weight excluding hydrogens is 402 g/mol. The molecule has 0 aliphatic rings. The second kappa shape index (κ2) is 13.5. The first-order valence-electron chi connectivity index (χ1n) is 7.70. The maximum absolute atomic E-state index is 6.14. The Morgan fingerprint density at radius 2 is 1.68 bits per heavy atom. The minimum Gasteiger partial charge on any atom is -0.489 e. The van der Waals surface area contributed by atoms with E-state index >= 15 is 0 Å². The molecule has 25 heavy (non-hydrogen) atoms. The molecule has 0 unspecified atom stereocenters. The number of hydrogen-bond donors (Lipinski definition) is 2. The second-order valence-corrected chi connectivity index (χ2v) is 6.15. The molecule has 2 rings (SSSR count). The smallest absolute Gasteiger partial charge is 0.119 e. The molecule has 0 bridgehead atoms. The minimum atomic E-state index is 0. The fourth-order valence-corrected chi connectivity index (χ4v) is 2.59. The Hall–Kier alpha value is -0.680. The zero-order valence-corrected chi connectivity index (χ0v) is 17.2. The fourth-order valence-electron chi connectivity index (χ4n) is 2.13. The van der Waals surface area contributed by atoms with Gasteiger partial charge in [-0.3, -0.25) is 0 Å². The van der Waals surface area contributed by atoms with Crippen molar-refractivity contribution in [2.24, 2.45) is 0 Å². The Balaban J connectivity index is 0.00000288. The van der Waals surface area contributed by atoms with E-state index < -0.39 is 0 Å². The highest BCUT2D eigenvalue weighted by molar-refractivity contribution is 6.35. The molecule has 0 saturated carbocycles. The van der Waals surface area contributed by atoms with Crippen molar-refractivity contribution in [3.63, 3.8) is 0 Å². The number of hydrogen-bond acceptors (Lipinski definition) is 3. The Kier molecular flexibility index (Phi) is 13.1. The Labute approximate surface area is 172 Å². The molecule has 2 aromatic carbocycles. The molecule has 0 atom stereocenters. The van der Waals surface area contributed by atoms with E-state index in [9.17, 15) is 0 Å². The molecule has 0 fully saturated rings. The Bertz CT molecular complexity index is 609. The maximum Gasteiger partial charge on any atom is 0.119 e. The zero-order chi connectivity index (χ0) is 16.5. The van der Waals surface area contributed by atoms with Crippen molar-refractivity contribution in [3.05, 3.63) is 63.6 Å². The predicted octanol–water partition coefficient (Wildman–Crippen LogP) is 5.12. The van der Waals surface area contributed by atoms with Gasteiger partial charge in [0.25, 0.3) is 0 Å². The number of ether oxygens (including phenoxy) is 1. The first-order valence-corrected chi connectivity index (χ1v) is 8.45. The quantitative estimate of drug-likeness (QED) is 0.547. The van der Waals surface area contributed by atoms with Gasteiger partial charge in [0, 0.05) is 22.2 Å². The summed E-state index contributed by atoms with van der Waals surface area (Å²) in [6, 6.07) is 13.5. The summed E-state index contributed by atoms with van der Waals surface area (Å²) in [5.74, 6) is 0.829. The van der Waals surface area contributed by atoms with Gasteiger partial charge >= 0.3 is 0 Å². The molecular formula is C18H24Cl4N2O. The molecule has 3 nitrogen and oxygen atoms in total. The minimum absolute atomic E-state index is 0. The van der Waals surface area contributed by atoms with Crippen LogP contribution in [0.3, 0.4) is 0 Å². The van der Waals surface area contributed by atoms with Crippen LogP contribution >= 0.6 is 48.0 Å². The van der Waals surface area contributed by atoms with E-state index in [0.717, 1.165) is 37.4 Å². The summed E-state index contributed by atoms with van der Waals surface area (Å²) in [5.41, 5.74) is 2.16. The zero-order valence-electron chi connectivity index (χ0n) is 14.1. The van der Waals surface area contributed by atoms with Crippen LogP contribution in [0, 0.1) is 0 Å². The molecule has 0 saturated heterocycles. The van der Waals surface area contributed by atoms with Crippen LogP contribution in [0.15, 0.2) is 42.5 Å². The number of nitrogens with one attached hydrogen (secondary N) is 2. The van der Waals surface area contributed by atoms with Gasteiger partial charge in [0.1, 0.15) is 12.4 Å². The van der Waals surface area contributed by atoms with Crippen LogP contribution < -0.4 is 15.4 Å². The van der Waals surface area contributed by atoms with Crippen LogP contribution in [0.5, 0.6) is 5.75 Å². The average Bonchev–Trinajstić information content (AvgIpc) is 2.55. The molecule has 0 amide bonds. The molecule has 7 heteroatoms. The lowest BCUT2D eigenvalue weighted by molar-refractivity contribution is 0.306. The molecule has 2 aromatic rings. The third-order valence-corrected chi connectivity index (χ3v) is 4.03. The lowest BCUT2D eigenvalue weighted by Crippen LogP contribution is -2.19. The van der Waals surface area contributed by atoms with Gasteiger partial charge < -0.3 is 15.4 Å². The summed E-state index contributed by atoms with van der Waals surface area (Å²) in [5, 5.41) is 7.81. The summed E-state index contributed by atoms with van der Waals surface area (Å²) in [6.07, 6.45) is 1.12. The molecule has 0 spiro atoms. The third-order valence-electron chi connectivity index (χ3n) is 3.44. The van der Waals surface area contributed by atoms with Gasteiger partial charge in [-0.25, -0.2) is 0 Å². The van der Waals surface area contributed by atoms with E-state index in [2.05, 4.69) is 22.8 Å². The van der Waals surface area contributed by atoms with Crippen molar-refractivity contribution in [2.45, 2.75) is 19.6 Å². The van der Waals surface area contributed by atoms with Crippen LogP contribution in [-0.4, -0.2) is 20.1 Å². The summed E-state index contributed by atoms with van der Waals surface area (Å²) < 4.78 is 5.77. The number of benzene rings is 2. The first-order chi connectivity index (χ1) is 11.2. The highest BCUT2D eigenvalue weighted by Gasteiger charge is 2.03. The molecule has 0 aliphatic carbocycles. The van der Waals surface area contributed by atoms with Crippen molar-refractivity contribution < 1.29 is 4.74 Å². The second-order valence-electron chi connectivity index (χ2n) is 5.30. The van der Waals surface area contributed by atoms with Crippen molar-refractivity contribution in [3.8, 4) is 5.75 Å². The van der Waals surface area contributed by atoms with E-state index in [0.29, 0.717) is 16.7 Å². The van der Waals surface area contributed by atoms with Gasteiger partial charge in [-0.05, 0) is 56.4 Å². The monoisotopic (exact) mass is 424 g/mol. The van der Waals surface area contributed by atoms with Crippen LogP contribution in [0.2, 0.25) is 10.0 Å². The molecule has 0 heterocycles. The van der Waals surface area contributed by atoms with Crippen LogP contribution in [0.1, 0.15) is 17.5 Å². The van der Waals surface area contributed by atoms with Gasteiger partial charge in [-0.1, -0.05) is 41.4 Å². The molecule has 0 radical (unpaired) electrons.